The number of nitrogens with one attached hydrogen (secondary N) is 4. The first-order valence-electron chi connectivity index (χ1n) is 9.16. The number of amides is 2. The van der Waals surface area contributed by atoms with E-state index in [1.54, 1.807) is 0 Å². The van der Waals surface area contributed by atoms with Gasteiger partial charge in [-0.3, -0.25) is 15.0 Å². The summed E-state index contributed by atoms with van der Waals surface area (Å²) >= 11 is 3.62. The van der Waals surface area contributed by atoms with E-state index >= 15 is 0 Å². The van der Waals surface area contributed by atoms with Crippen molar-refractivity contribution in [2.75, 3.05) is 5.32 Å². The Labute approximate surface area is 164 Å². The molecule has 0 spiro atoms. The van der Waals surface area contributed by atoms with Gasteiger partial charge in [0.15, 0.2) is 0 Å². The quantitative estimate of drug-likeness (QED) is 0.506. The van der Waals surface area contributed by atoms with Gasteiger partial charge in [-0.15, -0.1) is 0 Å². The van der Waals surface area contributed by atoms with E-state index in [4.69, 9.17) is 0 Å². The Balaban J connectivity index is 1.90. The van der Waals surface area contributed by atoms with Crippen LogP contribution in [0.25, 0.3) is 0 Å². The van der Waals surface area contributed by atoms with Crippen LogP contribution in [0.1, 0.15) is 39.7 Å². The third-order valence-corrected chi connectivity index (χ3v) is 5.89. The average Bonchev–Trinajstić information content (AvgIpc) is 3.01. The minimum Gasteiger partial charge on any atom is -0.351 e. The van der Waals surface area contributed by atoms with Crippen LogP contribution in [0, 0.1) is 11.8 Å². The van der Waals surface area contributed by atoms with Gasteiger partial charge in [0.25, 0.3) is 0 Å². The van der Waals surface area contributed by atoms with Gasteiger partial charge < -0.3 is 10.6 Å². The van der Waals surface area contributed by atoms with E-state index in [9.17, 15) is 9.59 Å². The van der Waals surface area contributed by atoms with Crippen LogP contribution >= 0.6 is 15.9 Å². The standard InChI is InChI=1S/C19H29BrN4O2/c1-5-12(4)18(25)22-14-8-6-7-13(9-14)10-21-19(26)17-15(20)16(11(2)3)23-24-17/h6-9,11-12,15-17,23-24H,5,10H2,1-4H3,(H,21,26)(H,22,25). The maximum absolute atomic E-state index is 12.5. The van der Waals surface area contributed by atoms with E-state index in [0.29, 0.717) is 12.5 Å². The van der Waals surface area contributed by atoms with Gasteiger partial charge in [0, 0.05) is 24.2 Å². The molecule has 0 saturated carbocycles. The first-order chi connectivity index (χ1) is 12.3. The lowest BCUT2D eigenvalue weighted by molar-refractivity contribution is -0.123. The smallest absolute Gasteiger partial charge is 0.239 e. The summed E-state index contributed by atoms with van der Waals surface area (Å²) in [4.78, 5) is 24.5. The van der Waals surface area contributed by atoms with E-state index in [2.05, 4.69) is 51.3 Å². The third-order valence-electron chi connectivity index (χ3n) is 4.79. The zero-order valence-electron chi connectivity index (χ0n) is 15.8. The number of alkyl halides is 1. The first kappa shape index (κ1) is 20.9. The van der Waals surface area contributed by atoms with Crippen LogP contribution in [0.3, 0.4) is 0 Å². The van der Waals surface area contributed by atoms with Gasteiger partial charge in [0.2, 0.25) is 11.8 Å². The van der Waals surface area contributed by atoms with Crippen molar-refractivity contribution in [3.63, 3.8) is 0 Å². The fraction of sp³-hybridized carbons (Fsp3) is 0.579. The zero-order valence-corrected chi connectivity index (χ0v) is 17.4. The Morgan fingerprint density at radius 2 is 1.96 bits per heavy atom. The molecule has 0 bridgehead atoms. The minimum atomic E-state index is -0.323. The number of carbonyl (C=O) groups excluding carboxylic acids is 2. The zero-order chi connectivity index (χ0) is 19.3. The lowest BCUT2D eigenvalue weighted by atomic mass is 9.99. The highest BCUT2D eigenvalue weighted by molar-refractivity contribution is 9.09. The number of hydrazine groups is 1. The van der Waals surface area contributed by atoms with E-state index in [1.807, 2.05) is 38.1 Å². The van der Waals surface area contributed by atoms with Gasteiger partial charge in [0.1, 0.15) is 6.04 Å². The highest BCUT2D eigenvalue weighted by Gasteiger charge is 2.39. The molecule has 2 rings (SSSR count). The monoisotopic (exact) mass is 424 g/mol. The molecule has 1 aliphatic rings. The molecule has 1 aromatic carbocycles. The topological polar surface area (TPSA) is 82.3 Å². The van der Waals surface area contributed by atoms with Crippen molar-refractivity contribution in [2.24, 2.45) is 11.8 Å². The number of halogens is 1. The molecule has 1 aromatic rings. The van der Waals surface area contributed by atoms with Crippen molar-refractivity contribution in [3.05, 3.63) is 29.8 Å². The molecular formula is C19H29BrN4O2. The normalized spacial score (nSPS) is 23.7. The fourth-order valence-corrected chi connectivity index (χ4v) is 3.92. The van der Waals surface area contributed by atoms with Crippen molar-refractivity contribution in [3.8, 4) is 0 Å². The second-order valence-electron chi connectivity index (χ2n) is 7.20. The molecule has 4 atom stereocenters. The summed E-state index contributed by atoms with van der Waals surface area (Å²) < 4.78 is 0. The van der Waals surface area contributed by atoms with E-state index in [1.165, 1.54) is 0 Å². The van der Waals surface area contributed by atoms with Crippen molar-refractivity contribution in [2.45, 2.75) is 57.6 Å². The Morgan fingerprint density at radius 3 is 2.58 bits per heavy atom. The predicted octanol–water partition coefficient (Wildman–Crippen LogP) is 2.55. The van der Waals surface area contributed by atoms with Gasteiger partial charge in [-0.2, -0.15) is 0 Å². The number of anilines is 1. The highest BCUT2D eigenvalue weighted by Crippen LogP contribution is 2.22. The summed E-state index contributed by atoms with van der Waals surface area (Å²) in [6.07, 6.45) is 0.801. The first-order valence-corrected chi connectivity index (χ1v) is 10.1. The molecule has 0 radical (unpaired) electrons. The molecule has 144 valence electrons. The molecule has 4 N–H and O–H groups in total. The van der Waals surface area contributed by atoms with Crippen LogP contribution in [0.5, 0.6) is 0 Å². The van der Waals surface area contributed by atoms with E-state index in [0.717, 1.165) is 17.7 Å². The van der Waals surface area contributed by atoms with Gasteiger partial charge in [-0.25, -0.2) is 5.43 Å². The number of carbonyl (C=O) groups is 2. The summed E-state index contributed by atoms with van der Waals surface area (Å²) in [6, 6.07) is 7.44. The molecule has 0 aromatic heterocycles. The van der Waals surface area contributed by atoms with Crippen molar-refractivity contribution >= 4 is 33.4 Å². The Hall–Kier alpha value is -1.44. The van der Waals surface area contributed by atoms with Crippen LogP contribution in [-0.4, -0.2) is 28.7 Å². The molecule has 1 aliphatic heterocycles. The molecule has 7 heteroatoms. The SMILES string of the molecule is CCC(C)C(=O)Nc1cccc(CNC(=O)C2NNC(C(C)C)C2Br)c1. The summed E-state index contributed by atoms with van der Waals surface area (Å²) in [5.41, 5.74) is 7.93. The summed E-state index contributed by atoms with van der Waals surface area (Å²) in [5, 5.41) is 5.88. The number of rotatable bonds is 7. The van der Waals surface area contributed by atoms with Crippen LogP contribution in [0.15, 0.2) is 24.3 Å². The average molecular weight is 425 g/mol. The summed E-state index contributed by atoms with van der Waals surface area (Å²) in [6.45, 7) is 8.54. The molecule has 0 aliphatic carbocycles. The second-order valence-corrected chi connectivity index (χ2v) is 8.25. The third kappa shape index (κ3) is 5.28. The van der Waals surface area contributed by atoms with Gasteiger partial charge in [-0.05, 0) is 30.0 Å². The van der Waals surface area contributed by atoms with Crippen LogP contribution in [-0.2, 0) is 16.1 Å². The Bertz CT molecular complexity index is 638. The van der Waals surface area contributed by atoms with Crippen LogP contribution in [0.4, 0.5) is 5.69 Å². The maximum Gasteiger partial charge on any atom is 0.239 e. The number of hydrogen-bond donors (Lipinski definition) is 4. The molecule has 26 heavy (non-hydrogen) atoms. The molecule has 1 heterocycles. The lowest BCUT2D eigenvalue weighted by Crippen LogP contribution is -2.45. The van der Waals surface area contributed by atoms with Crippen molar-refractivity contribution in [1.82, 2.24) is 16.2 Å². The summed E-state index contributed by atoms with van der Waals surface area (Å²) in [5.74, 6) is 0.341. The van der Waals surface area contributed by atoms with E-state index < -0.39 is 0 Å². The minimum absolute atomic E-state index is 0.0109. The fourth-order valence-electron chi connectivity index (χ4n) is 2.81. The summed E-state index contributed by atoms with van der Waals surface area (Å²) in [7, 11) is 0. The lowest BCUT2D eigenvalue weighted by Gasteiger charge is -2.19. The van der Waals surface area contributed by atoms with E-state index in [-0.39, 0.29) is 34.6 Å². The van der Waals surface area contributed by atoms with Gasteiger partial charge in [-0.1, -0.05) is 55.8 Å². The largest absolute Gasteiger partial charge is 0.351 e. The molecule has 1 fully saturated rings. The van der Waals surface area contributed by atoms with Gasteiger partial charge >= 0.3 is 0 Å². The molecule has 4 unspecified atom stereocenters. The second kappa shape index (κ2) is 9.48. The van der Waals surface area contributed by atoms with Crippen LogP contribution < -0.4 is 21.5 Å². The highest BCUT2D eigenvalue weighted by atomic mass is 79.9. The van der Waals surface area contributed by atoms with Gasteiger partial charge in [0.05, 0.1) is 4.83 Å². The Morgan fingerprint density at radius 1 is 1.23 bits per heavy atom. The molecule has 6 nitrogen and oxygen atoms in total. The Kier molecular flexibility index (Phi) is 7.61. The van der Waals surface area contributed by atoms with Crippen molar-refractivity contribution in [1.29, 1.82) is 0 Å². The molecular weight excluding hydrogens is 396 g/mol. The van der Waals surface area contributed by atoms with Crippen LogP contribution in [0.2, 0.25) is 0 Å². The predicted molar refractivity (Wildman–Crippen MR) is 108 cm³/mol. The maximum atomic E-state index is 12.5. The molecule has 2 amide bonds. The van der Waals surface area contributed by atoms with Crippen molar-refractivity contribution < 1.29 is 9.59 Å². The molecule has 1 saturated heterocycles. The number of benzene rings is 1. The number of hydrogen-bond acceptors (Lipinski definition) is 4.